The molecule has 0 radical (unpaired) electrons. The lowest BCUT2D eigenvalue weighted by Gasteiger charge is -2.15. The largest absolute Gasteiger partial charge is 0.493 e. The van der Waals surface area contributed by atoms with Crippen molar-refractivity contribution in [3.63, 3.8) is 0 Å². The molecule has 0 aromatic heterocycles. The minimum Gasteiger partial charge on any atom is -0.493 e. The molecule has 1 saturated carbocycles. The van der Waals surface area contributed by atoms with Gasteiger partial charge in [-0.25, -0.2) is 0 Å². The molecule has 3 nitrogen and oxygen atoms in total. The van der Waals surface area contributed by atoms with Crippen molar-refractivity contribution in [3.8, 4) is 11.5 Å². The second-order valence-corrected chi connectivity index (χ2v) is 5.31. The molecule has 1 unspecified atom stereocenters. The third kappa shape index (κ3) is 3.13. The fraction of sp³-hybridized carbons (Fsp3) is 0.538. The monoisotopic (exact) mass is 300 g/mol. The third-order valence-electron chi connectivity index (χ3n) is 2.90. The second kappa shape index (κ2) is 5.27. The maximum Gasteiger partial charge on any atom is 0.162 e. The zero-order valence-electron chi connectivity index (χ0n) is 10.1. The highest BCUT2D eigenvalue weighted by Crippen LogP contribution is 2.37. The third-order valence-corrected chi connectivity index (χ3v) is 3.59. The lowest BCUT2D eigenvalue weighted by molar-refractivity contribution is 0.197. The summed E-state index contributed by atoms with van der Waals surface area (Å²) in [5.74, 6) is 2.11. The fourth-order valence-electron chi connectivity index (χ4n) is 1.64. The molecule has 2 rings (SSSR count). The van der Waals surface area contributed by atoms with Gasteiger partial charge in [-0.15, -0.1) is 0 Å². The highest BCUT2D eigenvalue weighted by Gasteiger charge is 2.23. The Kier molecular flexibility index (Phi) is 3.94. The van der Waals surface area contributed by atoms with Gasteiger partial charge in [0.1, 0.15) is 0 Å². The van der Waals surface area contributed by atoms with E-state index in [1.54, 1.807) is 14.0 Å². The van der Waals surface area contributed by atoms with Gasteiger partial charge in [-0.2, -0.15) is 0 Å². The van der Waals surface area contributed by atoms with Gasteiger partial charge in [0.15, 0.2) is 11.5 Å². The maximum absolute atomic E-state index is 9.62. The minimum atomic E-state index is -0.532. The van der Waals surface area contributed by atoms with Crippen molar-refractivity contribution < 1.29 is 14.6 Å². The molecular weight excluding hydrogens is 284 g/mol. The van der Waals surface area contributed by atoms with Crippen LogP contribution in [-0.4, -0.2) is 18.8 Å². The van der Waals surface area contributed by atoms with Gasteiger partial charge in [0.2, 0.25) is 0 Å². The van der Waals surface area contributed by atoms with Crippen LogP contribution in [0.4, 0.5) is 0 Å². The zero-order chi connectivity index (χ0) is 12.4. The SMILES string of the molecule is COc1cc(C(C)O)c(Br)cc1OCC1CC1. The van der Waals surface area contributed by atoms with Crippen molar-refractivity contribution in [2.45, 2.75) is 25.9 Å². The quantitative estimate of drug-likeness (QED) is 0.907. The van der Waals surface area contributed by atoms with Gasteiger partial charge in [0.25, 0.3) is 0 Å². The van der Waals surface area contributed by atoms with Crippen LogP contribution >= 0.6 is 15.9 Å². The number of ether oxygens (including phenoxy) is 2. The molecule has 0 amide bonds. The number of aliphatic hydroxyl groups excluding tert-OH is 1. The number of methoxy groups -OCH3 is 1. The molecular formula is C13H17BrO3. The first-order chi connectivity index (χ1) is 8.11. The van der Waals surface area contributed by atoms with E-state index in [-0.39, 0.29) is 0 Å². The van der Waals surface area contributed by atoms with Crippen molar-refractivity contribution in [1.82, 2.24) is 0 Å². The highest BCUT2D eigenvalue weighted by molar-refractivity contribution is 9.10. The minimum absolute atomic E-state index is 0.532. The summed E-state index contributed by atoms with van der Waals surface area (Å²) >= 11 is 3.44. The Morgan fingerprint density at radius 2 is 2.12 bits per heavy atom. The summed E-state index contributed by atoms with van der Waals surface area (Å²) in [6, 6.07) is 3.68. The van der Waals surface area contributed by atoms with Gasteiger partial charge >= 0.3 is 0 Å². The Morgan fingerprint density at radius 3 is 2.65 bits per heavy atom. The normalized spacial score (nSPS) is 16.7. The summed E-state index contributed by atoms with van der Waals surface area (Å²) in [7, 11) is 1.61. The first kappa shape index (κ1) is 12.7. The Hall–Kier alpha value is -0.740. The van der Waals surface area contributed by atoms with Crippen LogP contribution in [0.1, 0.15) is 31.4 Å². The maximum atomic E-state index is 9.62. The molecule has 0 heterocycles. The Morgan fingerprint density at radius 1 is 1.41 bits per heavy atom. The van der Waals surface area contributed by atoms with Crippen molar-refractivity contribution >= 4 is 15.9 Å². The molecule has 0 aliphatic heterocycles. The summed E-state index contributed by atoms with van der Waals surface area (Å²) < 4.78 is 11.9. The van der Waals surface area contributed by atoms with Gasteiger partial charge in [-0.05, 0) is 43.4 Å². The van der Waals surface area contributed by atoms with Crippen LogP contribution in [0.3, 0.4) is 0 Å². The predicted molar refractivity (Wildman–Crippen MR) is 69.5 cm³/mol. The molecule has 0 saturated heterocycles. The Labute approximate surface area is 110 Å². The predicted octanol–water partition coefficient (Wildman–Crippen LogP) is 3.30. The second-order valence-electron chi connectivity index (χ2n) is 4.45. The molecule has 1 N–H and O–H groups in total. The average Bonchev–Trinajstić information content (AvgIpc) is 3.09. The Bertz CT molecular complexity index is 400. The molecule has 1 aliphatic carbocycles. The van der Waals surface area contributed by atoms with Crippen LogP contribution in [0.2, 0.25) is 0 Å². The van der Waals surface area contributed by atoms with E-state index in [1.807, 2.05) is 12.1 Å². The van der Waals surface area contributed by atoms with Crippen LogP contribution in [0, 0.1) is 5.92 Å². The molecule has 94 valence electrons. The van der Waals surface area contributed by atoms with Gasteiger partial charge in [0.05, 0.1) is 19.8 Å². The van der Waals surface area contributed by atoms with Crippen LogP contribution in [-0.2, 0) is 0 Å². The highest BCUT2D eigenvalue weighted by atomic mass is 79.9. The molecule has 1 aliphatic rings. The first-order valence-corrected chi connectivity index (χ1v) is 6.59. The Balaban J connectivity index is 2.20. The molecule has 1 atom stereocenters. The molecule has 1 aromatic rings. The molecule has 4 heteroatoms. The van der Waals surface area contributed by atoms with E-state index in [9.17, 15) is 5.11 Å². The summed E-state index contributed by atoms with van der Waals surface area (Å²) in [5, 5.41) is 9.62. The van der Waals surface area contributed by atoms with Crippen molar-refractivity contribution in [1.29, 1.82) is 0 Å². The van der Waals surface area contributed by atoms with Crippen molar-refractivity contribution in [2.24, 2.45) is 5.92 Å². The number of hydrogen-bond donors (Lipinski definition) is 1. The number of halogens is 1. The molecule has 1 fully saturated rings. The topological polar surface area (TPSA) is 38.7 Å². The van der Waals surface area contributed by atoms with E-state index in [0.29, 0.717) is 11.7 Å². The molecule has 17 heavy (non-hydrogen) atoms. The van der Waals surface area contributed by atoms with Crippen LogP contribution < -0.4 is 9.47 Å². The van der Waals surface area contributed by atoms with E-state index in [2.05, 4.69) is 15.9 Å². The summed E-state index contributed by atoms with van der Waals surface area (Å²) in [6.45, 7) is 2.47. The van der Waals surface area contributed by atoms with Gasteiger partial charge in [-0.3, -0.25) is 0 Å². The molecule has 0 spiro atoms. The zero-order valence-corrected chi connectivity index (χ0v) is 11.7. The van der Waals surface area contributed by atoms with Crippen LogP contribution in [0.15, 0.2) is 16.6 Å². The summed E-state index contributed by atoms with van der Waals surface area (Å²) in [5.41, 5.74) is 0.806. The number of aliphatic hydroxyl groups is 1. The van der Waals surface area contributed by atoms with Gasteiger partial charge in [-0.1, -0.05) is 15.9 Å². The number of benzene rings is 1. The van der Waals surface area contributed by atoms with E-state index in [4.69, 9.17) is 9.47 Å². The summed E-state index contributed by atoms with van der Waals surface area (Å²) in [4.78, 5) is 0. The van der Waals surface area contributed by atoms with E-state index >= 15 is 0 Å². The molecule has 1 aromatic carbocycles. The lowest BCUT2D eigenvalue weighted by Crippen LogP contribution is -2.02. The standard InChI is InChI=1S/C13H17BrO3/c1-8(15)10-5-12(16-2)13(6-11(10)14)17-7-9-3-4-9/h5-6,8-9,15H,3-4,7H2,1-2H3. The van der Waals surface area contributed by atoms with E-state index in [1.165, 1.54) is 12.8 Å². The van der Waals surface area contributed by atoms with Crippen LogP contribution in [0.25, 0.3) is 0 Å². The number of rotatable bonds is 5. The number of hydrogen-bond acceptors (Lipinski definition) is 3. The van der Waals surface area contributed by atoms with E-state index < -0.39 is 6.10 Å². The smallest absolute Gasteiger partial charge is 0.162 e. The lowest BCUT2D eigenvalue weighted by atomic mass is 10.1. The first-order valence-electron chi connectivity index (χ1n) is 5.80. The van der Waals surface area contributed by atoms with Crippen molar-refractivity contribution in [3.05, 3.63) is 22.2 Å². The van der Waals surface area contributed by atoms with Crippen molar-refractivity contribution in [2.75, 3.05) is 13.7 Å². The average molecular weight is 301 g/mol. The van der Waals surface area contributed by atoms with E-state index in [0.717, 1.165) is 22.4 Å². The van der Waals surface area contributed by atoms with Gasteiger partial charge < -0.3 is 14.6 Å². The molecule has 0 bridgehead atoms. The van der Waals surface area contributed by atoms with Crippen LogP contribution in [0.5, 0.6) is 11.5 Å². The van der Waals surface area contributed by atoms with Gasteiger partial charge in [0, 0.05) is 4.47 Å². The summed E-state index contributed by atoms with van der Waals surface area (Å²) in [6.07, 6.45) is 1.99. The fourth-order valence-corrected chi connectivity index (χ4v) is 2.29.